The number of hydrogen-bond acceptors (Lipinski definition) is 2. The molecule has 0 spiro atoms. The smallest absolute Gasteiger partial charge is 0.217 e. The lowest BCUT2D eigenvalue weighted by Gasteiger charge is -2.31. The average Bonchev–Trinajstić information content (AvgIpc) is 2.68. The molecule has 3 rings (SSSR count). The lowest BCUT2D eigenvalue weighted by atomic mass is 9.80. The average molecular weight is 228 g/mol. The van der Waals surface area contributed by atoms with Gasteiger partial charge in [-0.25, -0.2) is 0 Å². The highest BCUT2D eigenvalue weighted by atomic mass is 32.1. The van der Waals surface area contributed by atoms with Gasteiger partial charge in [0.1, 0.15) is 6.10 Å². The van der Waals surface area contributed by atoms with Crippen LogP contribution in [-0.4, -0.2) is 10.5 Å². The van der Waals surface area contributed by atoms with E-state index in [0.29, 0.717) is 10.5 Å². The Labute approximate surface area is 96.0 Å². The van der Waals surface area contributed by atoms with E-state index in [2.05, 4.69) is 12.6 Å². The summed E-state index contributed by atoms with van der Waals surface area (Å²) < 4.78 is 6.09. The van der Waals surface area contributed by atoms with E-state index in [0.717, 1.165) is 23.7 Å². The molecule has 0 aliphatic heterocycles. The fraction of sp³-hybridized carbons (Fsp3) is 0.909. The van der Waals surface area contributed by atoms with E-state index in [1.54, 1.807) is 0 Å². The summed E-state index contributed by atoms with van der Waals surface area (Å²) in [4.78, 5) is 0. The molecule has 3 saturated carbocycles. The number of thiocarbonyl (C=S) groups is 1. The lowest BCUT2D eigenvalue weighted by molar-refractivity contribution is 0.0814. The first-order valence-corrected chi connectivity index (χ1v) is 6.51. The van der Waals surface area contributed by atoms with E-state index in [4.69, 9.17) is 17.0 Å². The van der Waals surface area contributed by atoms with Crippen LogP contribution in [0.15, 0.2) is 0 Å². The maximum absolute atomic E-state index is 5.65. The van der Waals surface area contributed by atoms with Crippen molar-refractivity contribution >= 4 is 29.2 Å². The molecule has 1 nitrogen and oxygen atoms in total. The van der Waals surface area contributed by atoms with Crippen LogP contribution >= 0.6 is 24.8 Å². The summed E-state index contributed by atoms with van der Waals surface area (Å²) in [5.41, 5.74) is 0. The summed E-state index contributed by atoms with van der Waals surface area (Å²) in [5, 5.41) is 0. The fourth-order valence-electron chi connectivity index (χ4n) is 4.27. The van der Waals surface area contributed by atoms with Crippen LogP contribution in [0.3, 0.4) is 0 Å². The van der Waals surface area contributed by atoms with Crippen molar-refractivity contribution in [2.24, 2.45) is 23.7 Å². The Morgan fingerprint density at radius 3 is 2.71 bits per heavy atom. The van der Waals surface area contributed by atoms with Crippen LogP contribution in [0.25, 0.3) is 0 Å². The van der Waals surface area contributed by atoms with Gasteiger partial charge in [-0.3, -0.25) is 0 Å². The number of rotatable bonds is 1. The van der Waals surface area contributed by atoms with Crippen molar-refractivity contribution in [2.45, 2.75) is 38.2 Å². The summed E-state index contributed by atoms with van der Waals surface area (Å²) in [6.07, 6.45) is 7.41. The molecule has 0 radical (unpaired) electrons. The van der Waals surface area contributed by atoms with Crippen molar-refractivity contribution in [3.05, 3.63) is 0 Å². The Kier molecular flexibility index (Phi) is 2.28. The summed E-state index contributed by atoms with van der Waals surface area (Å²) in [5.74, 6) is 3.74. The summed E-state index contributed by atoms with van der Waals surface area (Å²) in [6.45, 7) is 0. The summed E-state index contributed by atoms with van der Waals surface area (Å²) >= 11 is 8.98. The highest BCUT2D eigenvalue weighted by Gasteiger charge is 2.54. The Bertz CT molecular complexity index is 266. The Morgan fingerprint density at radius 2 is 1.93 bits per heavy atom. The lowest BCUT2D eigenvalue weighted by Crippen LogP contribution is -2.30. The van der Waals surface area contributed by atoms with Crippen LogP contribution in [0.4, 0.5) is 0 Å². The molecule has 0 N–H and O–H groups in total. The molecular weight excluding hydrogens is 212 g/mol. The molecule has 0 heterocycles. The van der Waals surface area contributed by atoms with Crippen LogP contribution in [0, 0.1) is 23.7 Å². The van der Waals surface area contributed by atoms with Gasteiger partial charge in [0.25, 0.3) is 0 Å². The third kappa shape index (κ3) is 1.32. The van der Waals surface area contributed by atoms with Gasteiger partial charge in [0.15, 0.2) is 0 Å². The highest BCUT2D eigenvalue weighted by molar-refractivity contribution is 8.10. The zero-order valence-corrected chi connectivity index (χ0v) is 9.90. The molecule has 3 aliphatic carbocycles. The molecule has 3 aliphatic rings. The number of fused-ring (bicyclic) bond motifs is 5. The molecule has 0 aromatic carbocycles. The second kappa shape index (κ2) is 3.38. The second-order valence-corrected chi connectivity index (χ2v) is 6.16. The maximum Gasteiger partial charge on any atom is 0.217 e. The molecule has 0 aromatic rings. The number of hydrogen-bond donors (Lipinski definition) is 1. The van der Waals surface area contributed by atoms with Gasteiger partial charge in [0, 0.05) is 0 Å². The van der Waals surface area contributed by atoms with Gasteiger partial charge >= 0.3 is 0 Å². The molecule has 0 saturated heterocycles. The van der Waals surface area contributed by atoms with E-state index >= 15 is 0 Å². The molecule has 5 atom stereocenters. The standard InChI is InChI=1S/C11H16OS2/c13-11(14)12-10-5-6-4-9(10)8-3-1-2-7(6)8/h6-10H,1-5H2,(H,13,14)/t6-,7?,8?,9-,10?/m0/s1. The monoisotopic (exact) mass is 228 g/mol. The van der Waals surface area contributed by atoms with Gasteiger partial charge in [0.05, 0.1) is 0 Å². The van der Waals surface area contributed by atoms with Gasteiger partial charge in [-0.2, -0.15) is 0 Å². The Hall–Kier alpha value is 0.240. The largest absolute Gasteiger partial charge is 0.475 e. The molecule has 3 heteroatoms. The summed E-state index contributed by atoms with van der Waals surface area (Å²) in [6, 6.07) is 0. The fourth-order valence-corrected chi connectivity index (χ4v) is 4.53. The normalized spacial score (nSPS) is 49.4. The van der Waals surface area contributed by atoms with Gasteiger partial charge in [-0.1, -0.05) is 19.0 Å². The van der Waals surface area contributed by atoms with E-state index in [9.17, 15) is 0 Å². The minimum atomic E-state index is 0.407. The van der Waals surface area contributed by atoms with Crippen LogP contribution in [0.5, 0.6) is 0 Å². The van der Waals surface area contributed by atoms with Gasteiger partial charge in [0.2, 0.25) is 4.38 Å². The molecule has 78 valence electrons. The SMILES string of the molecule is S=C(S)OC1C[C@@H]2C[C@H]1C1CCCC12. The van der Waals surface area contributed by atoms with Gasteiger partial charge in [-0.05, 0) is 61.6 Å². The highest BCUT2D eigenvalue weighted by Crippen LogP contribution is 2.59. The molecule has 0 amide bonds. The Morgan fingerprint density at radius 1 is 1.14 bits per heavy atom. The molecule has 0 aromatic heterocycles. The van der Waals surface area contributed by atoms with Crippen LogP contribution < -0.4 is 0 Å². The molecule has 3 fully saturated rings. The maximum atomic E-state index is 5.65. The molecule has 2 bridgehead atoms. The zero-order valence-electron chi connectivity index (χ0n) is 8.19. The predicted molar refractivity (Wildman–Crippen MR) is 63.5 cm³/mol. The third-order valence-corrected chi connectivity index (χ3v) is 4.82. The van der Waals surface area contributed by atoms with Crippen LogP contribution in [0.1, 0.15) is 32.1 Å². The van der Waals surface area contributed by atoms with Crippen LogP contribution in [-0.2, 0) is 4.74 Å². The zero-order chi connectivity index (χ0) is 9.71. The van der Waals surface area contributed by atoms with Crippen molar-refractivity contribution in [1.29, 1.82) is 0 Å². The number of ether oxygens (including phenoxy) is 1. The molecular formula is C11H16OS2. The van der Waals surface area contributed by atoms with E-state index in [-0.39, 0.29) is 0 Å². The van der Waals surface area contributed by atoms with Crippen LogP contribution in [0.2, 0.25) is 0 Å². The molecule has 14 heavy (non-hydrogen) atoms. The number of thiol groups is 1. The van der Waals surface area contributed by atoms with E-state index in [1.165, 1.54) is 32.1 Å². The minimum Gasteiger partial charge on any atom is -0.475 e. The third-order valence-electron chi connectivity index (χ3n) is 4.62. The van der Waals surface area contributed by atoms with Gasteiger partial charge in [-0.15, -0.1) is 0 Å². The van der Waals surface area contributed by atoms with Crippen molar-refractivity contribution < 1.29 is 4.74 Å². The first-order chi connectivity index (χ1) is 6.75. The van der Waals surface area contributed by atoms with Crippen molar-refractivity contribution in [2.75, 3.05) is 0 Å². The molecule has 3 unspecified atom stereocenters. The first kappa shape index (κ1) is 9.46. The quantitative estimate of drug-likeness (QED) is 0.545. The first-order valence-electron chi connectivity index (χ1n) is 5.65. The van der Waals surface area contributed by atoms with Crippen molar-refractivity contribution in [3.63, 3.8) is 0 Å². The van der Waals surface area contributed by atoms with E-state index in [1.807, 2.05) is 0 Å². The summed E-state index contributed by atoms with van der Waals surface area (Å²) in [7, 11) is 0. The van der Waals surface area contributed by atoms with Crippen molar-refractivity contribution in [1.82, 2.24) is 0 Å². The van der Waals surface area contributed by atoms with Gasteiger partial charge < -0.3 is 4.74 Å². The predicted octanol–water partition coefficient (Wildman–Crippen LogP) is 3.04. The minimum absolute atomic E-state index is 0.407. The van der Waals surface area contributed by atoms with E-state index < -0.39 is 0 Å². The second-order valence-electron chi connectivity index (χ2n) is 5.08. The van der Waals surface area contributed by atoms with Crippen molar-refractivity contribution in [3.8, 4) is 0 Å². The Balaban J connectivity index is 1.73. The topological polar surface area (TPSA) is 9.23 Å².